The Morgan fingerprint density at radius 3 is 2.38 bits per heavy atom. The van der Waals surface area contributed by atoms with E-state index in [1.807, 2.05) is 14.0 Å². The fraction of sp³-hybridized carbons (Fsp3) is 0.667. The molecule has 1 saturated heterocycles. The topological polar surface area (TPSA) is 37.3 Å². The number of rotatable bonds is 1. The van der Waals surface area contributed by atoms with E-state index in [1.54, 1.807) is 10.6 Å². The number of aromatic nitrogens is 1. The molecule has 3 rings (SSSR count). The average molecular weight is 388 g/mol. The fourth-order valence-electron chi connectivity index (χ4n) is 3.96. The lowest BCUT2D eigenvalue weighted by molar-refractivity contribution is -0.0893. The molecule has 0 radical (unpaired) electrons. The summed E-state index contributed by atoms with van der Waals surface area (Å²) in [6, 6.07) is 2.89. The van der Waals surface area contributed by atoms with E-state index in [0.717, 1.165) is 31.6 Å². The molecule has 0 aromatic carbocycles. The lowest BCUT2D eigenvalue weighted by Crippen LogP contribution is -2.56. The Bertz CT molecular complexity index is 597. The van der Waals surface area contributed by atoms with E-state index in [9.17, 15) is 18.0 Å². The van der Waals surface area contributed by atoms with E-state index >= 15 is 0 Å². The molecule has 0 aliphatic carbocycles. The average Bonchev–Trinajstić information content (AvgIpc) is 2.90. The van der Waals surface area contributed by atoms with Crippen molar-refractivity contribution in [3.63, 3.8) is 0 Å². The van der Waals surface area contributed by atoms with E-state index < -0.39 is 12.0 Å². The predicted octanol–water partition coefficient (Wildman–Crippen LogP) is 3.16. The summed E-state index contributed by atoms with van der Waals surface area (Å²) in [6.45, 7) is 4.15. The molecular formula is C15H22Cl2F3N3O. The van der Waals surface area contributed by atoms with Crippen LogP contribution in [0.25, 0.3) is 0 Å². The van der Waals surface area contributed by atoms with Gasteiger partial charge in [-0.2, -0.15) is 13.2 Å². The first kappa shape index (κ1) is 21.3. The van der Waals surface area contributed by atoms with Gasteiger partial charge in [0.1, 0.15) is 0 Å². The molecule has 24 heavy (non-hydrogen) atoms. The summed E-state index contributed by atoms with van der Waals surface area (Å²) in [7, 11) is 2.02. The van der Waals surface area contributed by atoms with Crippen molar-refractivity contribution < 1.29 is 18.0 Å². The van der Waals surface area contributed by atoms with Crippen molar-refractivity contribution in [2.75, 3.05) is 26.7 Å². The zero-order chi connectivity index (χ0) is 16.1. The van der Waals surface area contributed by atoms with E-state index in [0.29, 0.717) is 6.54 Å². The smallest absolute Gasteiger partial charge is 0.336 e. The monoisotopic (exact) mass is 387 g/mol. The minimum atomic E-state index is -4.83. The van der Waals surface area contributed by atoms with Gasteiger partial charge < -0.3 is 9.88 Å². The zero-order valence-corrected chi connectivity index (χ0v) is 15.2. The molecule has 0 bridgehead atoms. The molecule has 0 saturated carbocycles. The van der Waals surface area contributed by atoms with Gasteiger partial charge in [-0.3, -0.25) is 9.69 Å². The number of carbonyl (C=O) groups is 1. The van der Waals surface area contributed by atoms with Crippen LogP contribution in [0.2, 0.25) is 0 Å². The third-order valence-electron chi connectivity index (χ3n) is 5.03. The third kappa shape index (κ3) is 3.19. The number of nitrogens with one attached hydrogen (secondary N) is 1. The van der Waals surface area contributed by atoms with Crippen LogP contribution in [0.3, 0.4) is 0 Å². The molecular weight excluding hydrogens is 366 g/mol. The van der Waals surface area contributed by atoms with Gasteiger partial charge in [-0.05, 0) is 52.0 Å². The Balaban J connectivity index is 0.00000144. The summed E-state index contributed by atoms with van der Waals surface area (Å²) in [6.07, 6.45) is -3.17. The highest BCUT2D eigenvalue weighted by Crippen LogP contribution is 2.43. The molecule has 1 spiro atoms. The van der Waals surface area contributed by atoms with Gasteiger partial charge in [0.15, 0.2) is 0 Å². The SMILES string of the molecule is CC1CN(C)C2(CCNCC2)c2ccc(C(=O)C(F)(F)F)n21.Cl.Cl. The summed E-state index contributed by atoms with van der Waals surface area (Å²) in [4.78, 5) is 14.0. The molecule has 138 valence electrons. The van der Waals surface area contributed by atoms with Crippen LogP contribution >= 0.6 is 24.8 Å². The number of Topliss-reactive ketones (excluding diaryl/α,β-unsaturated/α-hetero) is 1. The second-order valence-electron chi connectivity index (χ2n) is 6.31. The summed E-state index contributed by atoms with van der Waals surface area (Å²) in [5.74, 6) is -1.75. The third-order valence-corrected chi connectivity index (χ3v) is 5.03. The van der Waals surface area contributed by atoms with Crippen molar-refractivity contribution in [2.45, 2.75) is 37.5 Å². The van der Waals surface area contributed by atoms with Crippen molar-refractivity contribution in [1.29, 1.82) is 0 Å². The Labute approximate surface area is 151 Å². The molecule has 3 heterocycles. The minimum absolute atomic E-state index is 0. The number of hydrogen-bond donors (Lipinski definition) is 1. The second-order valence-corrected chi connectivity index (χ2v) is 6.31. The maximum Gasteiger partial charge on any atom is 0.456 e. The number of fused-ring (bicyclic) bond motifs is 2. The molecule has 1 unspecified atom stereocenters. The molecule has 1 aromatic rings. The van der Waals surface area contributed by atoms with Crippen LogP contribution in [0.4, 0.5) is 13.2 Å². The van der Waals surface area contributed by atoms with Crippen molar-refractivity contribution >= 4 is 30.6 Å². The van der Waals surface area contributed by atoms with Gasteiger partial charge in [-0.1, -0.05) is 0 Å². The largest absolute Gasteiger partial charge is 0.456 e. The van der Waals surface area contributed by atoms with Crippen LogP contribution in [-0.4, -0.2) is 48.1 Å². The Morgan fingerprint density at radius 2 is 1.83 bits per heavy atom. The molecule has 4 nitrogen and oxygen atoms in total. The predicted molar refractivity (Wildman–Crippen MR) is 90.4 cm³/mol. The lowest BCUT2D eigenvalue weighted by Gasteiger charge is -2.50. The Morgan fingerprint density at radius 1 is 1.25 bits per heavy atom. The first-order valence-electron chi connectivity index (χ1n) is 7.52. The number of hydrogen-bond acceptors (Lipinski definition) is 3. The van der Waals surface area contributed by atoms with Crippen LogP contribution in [0, 0.1) is 0 Å². The summed E-state index contributed by atoms with van der Waals surface area (Å²) < 4.78 is 40.1. The van der Waals surface area contributed by atoms with Crippen LogP contribution in [0.15, 0.2) is 12.1 Å². The molecule has 1 fully saturated rings. The normalized spacial score (nSPS) is 23.1. The van der Waals surface area contributed by atoms with Crippen molar-refractivity contribution in [1.82, 2.24) is 14.8 Å². The van der Waals surface area contributed by atoms with Gasteiger partial charge in [0.05, 0.1) is 11.2 Å². The standard InChI is InChI=1S/C15H20F3N3O.2ClH/c1-10-9-20(2)14(5-7-19-8-6-14)12-4-3-11(21(10)12)13(22)15(16,17)18;;/h3-4,10,19H,5-9H2,1-2H3;2*1H. The lowest BCUT2D eigenvalue weighted by atomic mass is 9.81. The minimum Gasteiger partial charge on any atom is -0.336 e. The highest BCUT2D eigenvalue weighted by atomic mass is 35.5. The van der Waals surface area contributed by atoms with Crippen LogP contribution in [0.1, 0.15) is 42.0 Å². The molecule has 1 N–H and O–H groups in total. The summed E-state index contributed by atoms with van der Waals surface area (Å²) >= 11 is 0. The highest BCUT2D eigenvalue weighted by molar-refractivity contribution is 5.99. The van der Waals surface area contributed by atoms with Gasteiger partial charge in [0.25, 0.3) is 5.78 Å². The number of halogens is 5. The number of nitrogens with zero attached hydrogens (tertiary/aromatic N) is 2. The molecule has 1 atom stereocenters. The van der Waals surface area contributed by atoms with Gasteiger partial charge in [0.2, 0.25) is 0 Å². The van der Waals surface area contributed by atoms with Crippen molar-refractivity contribution in [2.24, 2.45) is 0 Å². The number of alkyl halides is 3. The summed E-state index contributed by atoms with van der Waals surface area (Å²) in [5, 5.41) is 3.29. The second kappa shape index (κ2) is 7.23. The molecule has 2 aliphatic heterocycles. The van der Waals surface area contributed by atoms with E-state index in [1.165, 1.54) is 6.07 Å². The number of piperidine rings is 1. The van der Waals surface area contributed by atoms with Crippen LogP contribution in [-0.2, 0) is 5.54 Å². The number of ketones is 1. The first-order chi connectivity index (χ1) is 10.3. The first-order valence-corrected chi connectivity index (χ1v) is 7.52. The maximum atomic E-state index is 12.8. The maximum absolute atomic E-state index is 12.8. The van der Waals surface area contributed by atoms with Crippen LogP contribution in [0.5, 0.6) is 0 Å². The zero-order valence-electron chi connectivity index (χ0n) is 13.5. The number of carbonyl (C=O) groups excluding carboxylic acids is 1. The van der Waals surface area contributed by atoms with Crippen molar-refractivity contribution in [3.8, 4) is 0 Å². The van der Waals surface area contributed by atoms with Gasteiger partial charge in [0, 0.05) is 18.3 Å². The van der Waals surface area contributed by atoms with Gasteiger partial charge in [-0.25, -0.2) is 0 Å². The highest BCUT2D eigenvalue weighted by Gasteiger charge is 2.48. The quantitative estimate of drug-likeness (QED) is 0.752. The Hall–Kier alpha value is -0.760. The van der Waals surface area contributed by atoms with E-state index in [4.69, 9.17) is 0 Å². The Kier molecular flexibility index (Phi) is 6.42. The molecule has 9 heteroatoms. The van der Waals surface area contributed by atoms with E-state index in [2.05, 4.69) is 10.2 Å². The van der Waals surface area contributed by atoms with E-state index in [-0.39, 0.29) is 42.1 Å². The van der Waals surface area contributed by atoms with Crippen molar-refractivity contribution in [3.05, 3.63) is 23.5 Å². The summed E-state index contributed by atoms with van der Waals surface area (Å²) in [5.41, 5.74) is 0.325. The van der Waals surface area contributed by atoms with Gasteiger partial charge >= 0.3 is 6.18 Å². The molecule has 0 amide bonds. The fourth-order valence-corrected chi connectivity index (χ4v) is 3.96. The van der Waals surface area contributed by atoms with Crippen LogP contribution < -0.4 is 5.32 Å². The number of likely N-dealkylation sites (N-methyl/N-ethyl adjacent to an activating group) is 1. The molecule has 1 aromatic heterocycles. The molecule has 2 aliphatic rings. The van der Waals surface area contributed by atoms with Gasteiger partial charge in [-0.15, -0.1) is 24.8 Å².